The van der Waals surface area contributed by atoms with Crippen molar-refractivity contribution in [2.45, 2.75) is 31.4 Å². The van der Waals surface area contributed by atoms with Crippen LogP contribution in [0.1, 0.15) is 19.8 Å². The van der Waals surface area contributed by atoms with Gasteiger partial charge in [-0.1, -0.05) is 12.2 Å². The molecule has 0 radical (unpaired) electrons. The summed E-state index contributed by atoms with van der Waals surface area (Å²) in [6.07, 6.45) is 5.68. The van der Waals surface area contributed by atoms with Gasteiger partial charge in [-0.3, -0.25) is 0 Å². The average Bonchev–Trinajstić information content (AvgIpc) is 2.73. The molecule has 0 saturated carbocycles. The number of hydrogen-bond acceptors (Lipinski definition) is 8. The molecule has 0 spiro atoms. The average molecular weight is 400 g/mol. The van der Waals surface area contributed by atoms with Crippen molar-refractivity contribution in [3.63, 3.8) is 0 Å². The molecule has 8 nitrogen and oxygen atoms in total. The molecule has 0 fully saturated rings. The first-order valence-corrected chi connectivity index (χ1v) is 9.13. The first-order chi connectivity index (χ1) is 13.9. The molecule has 0 bridgehead atoms. The van der Waals surface area contributed by atoms with Gasteiger partial charge in [-0.15, -0.1) is 18.3 Å². The summed E-state index contributed by atoms with van der Waals surface area (Å²) in [5.74, 6) is 1.80. The van der Waals surface area contributed by atoms with Crippen LogP contribution in [-0.4, -0.2) is 53.3 Å². The van der Waals surface area contributed by atoms with E-state index < -0.39 is 5.60 Å². The van der Waals surface area contributed by atoms with E-state index in [0.717, 1.165) is 5.56 Å². The Morgan fingerprint density at radius 1 is 1.10 bits per heavy atom. The fourth-order valence-corrected chi connectivity index (χ4v) is 3.00. The van der Waals surface area contributed by atoms with Gasteiger partial charge in [0.05, 0.1) is 44.9 Å². The molecular formula is C21H28N4O4. The molecule has 156 valence electrons. The second-order valence-corrected chi connectivity index (χ2v) is 6.53. The van der Waals surface area contributed by atoms with Crippen molar-refractivity contribution in [3.8, 4) is 28.5 Å². The first-order valence-electron chi connectivity index (χ1n) is 9.13. The Hall–Kier alpha value is -3.13. The summed E-state index contributed by atoms with van der Waals surface area (Å²) < 4.78 is 16.1. The predicted octanol–water partition coefficient (Wildman–Crippen LogP) is 3.25. The van der Waals surface area contributed by atoms with Crippen molar-refractivity contribution in [1.82, 2.24) is 15.2 Å². The molecule has 2 aromatic rings. The van der Waals surface area contributed by atoms with Gasteiger partial charge in [0.25, 0.3) is 0 Å². The molecule has 0 aliphatic heterocycles. The van der Waals surface area contributed by atoms with Crippen LogP contribution in [0.5, 0.6) is 17.2 Å². The third-order valence-electron chi connectivity index (χ3n) is 4.67. The molecule has 2 rings (SSSR count). The lowest BCUT2D eigenvalue weighted by molar-refractivity contribution is 0.0314. The summed E-state index contributed by atoms with van der Waals surface area (Å²) >= 11 is 0. The molecule has 29 heavy (non-hydrogen) atoms. The lowest BCUT2D eigenvalue weighted by Crippen LogP contribution is -2.44. The monoisotopic (exact) mass is 400 g/mol. The second kappa shape index (κ2) is 9.88. The number of anilines is 1. The summed E-state index contributed by atoms with van der Waals surface area (Å²) in [6.45, 7) is 9.29. The molecule has 0 aliphatic carbocycles. The predicted molar refractivity (Wildman–Crippen MR) is 113 cm³/mol. The number of nitrogens with zero attached hydrogens (tertiary/aromatic N) is 3. The van der Waals surface area contributed by atoms with E-state index in [1.165, 1.54) is 6.20 Å². The van der Waals surface area contributed by atoms with Crippen LogP contribution in [-0.2, 0) is 0 Å². The van der Waals surface area contributed by atoms with E-state index in [4.69, 9.17) is 14.2 Å². The molecule has 2 N–H and O–H groups in total. The van der Waals surface area contributed by atoms with Crippen molar-refractivity contribution in [2.75, 3.05) is 26.6 Å². The van der Waals surface area contributed by atoms with Gasteiger partial charge < -0.3 is 24.6 Å². The highest BCUT2D eigenvalue weighted by molar-refractivity contribution is 5.68. The van der Waals surface area contributed by atoms with Crippen LogP contribution in [0.4, 0.5) is 5.95 Å². The lowest BCUT2D eigenvalue weighted by Gasteiger charge is -2.33. The zero-order valence-corrected chi connectivity index (χ0v) is 17.3. The third-order valence-corrected chi connectivity index (χ3v) is 4.67. The number of nitrogens with one attached hydrogen (secondary N) is 1. The second-order valence-electron chi connectivity index (χ2n) is 6.53. The van der Waals surface area contributed by atoms with Crippen molar-refractivity contribution in [1.29, 1.82) is 0 Å². The van der Waals surface area contributed by atoms with Crippen molar-refractivity contribution in [3.05, 3.63) is 43.6 Å². The van der Waals surface area contributed by atoms with Gasteiger partial charge in [-0.25, -0.2) is 4.98 Å². The van der Waals surface area contributed by atoms with Crippen LogP contribution < -0.4 is 19.5 Å². The third kappa shape index (κ3) is 5.03. The van der Waals surface area contributed by atoms with E-state index in [1.54, 1.807) is 45.6 Å². The summed E-state index contributed by atoms with van der Waals surface area (Å²) in [4.78, 5) is 4.52. The first kappa shape index (κ1) is 22.2. The van der Waals surface area contributed by atoms with Gasteiger partial charge in [0.2, 0.25) is 11.7 Å². The molecular weight excluding hydrogens is 372 g/mol. The number of benzene rings is 1. The maximum Gasteiger partial charge on any atom is 0.243 e. The molecule has 1 atom stereocenters. The normalized spacial score (nSPS) is 12.0. The molecule has 0 saturated heterocycles. The minimum Gasteiger partial charge on any atom is -0.493 e. The Labute approximate surface area is 171 Å². The minimum atomic E-state index is -1.06. The van der Waals surface area contributed by atoms with E-state index in [1.807, 2.05) is 6.92 Å². The van der Waals surface area contributed by atoms with Gasteiger partial charge in [0.1, 0.15) is 0 Å². The number of ether oxygens (including phenoxy) is 3. The molecule has 1 aromatic carbocycles. The van der Waals surface area contributed by atoms with Gasteiger partial charge in [0, 0.05) is 5.56 Å². The summed E-state index contributed by atoms with van der Waals surface area (Å²) in [7, 11) is 4.64. The lowest BCUT2D eigenvalue weighted by atomic mass is 9.88. The van der Waals surface area contributed by atoms with Gasteiger partial charge in [0.15, 0.2) is 11.5 Å². The maximum absolute atomic E-state index is 10.9. The number of rotatable bonds is 11. The van der Waals surface area contributed by atoms with Crippen molar-refractivity contribution in [2.24, 2.45) is 0 Å². The minimum absolute atomic E-state index is 0.287. The van der Waals surface area contributed by atoms with E-state index in [-0.39, 0.29) is 12.0 Å². The van der Waals surface area contributed by atoms with Crippen LogP contribution in [0.15, 0.2) is 43.6 Å². The molecule has 1 aromatic heterocycles. The zero-order chi connectivity index (χ0) is 21.4. The Kier molecular flexibility index (Phi) is 7.55. The van der Waals surface area contributed by atoms with E-state index >= 15 is 0 Å². The molecule has 8 heteroatoms. The highest BCUT2D eigenvalue weighted by Crippen LogP contribution is 2.40. The van der Waals surface area contributed by atoms with Gasteiger partial charge >= 0.3 is 0 Å². The maximum atomic E-state index is 10.9. The fraction of sp³-hybridized carbons (Fsp3) is 0.381. The Morgan fingerprint density at radius 3 is 2.17 bits per heavy atom. The molecule has 1 heterocycles. The Morgan fingerprint density at radius 2 is 1.69 bits per heavy atom. The van der Waals surface area contributed by atoms with Crippen LogP contribution >= 0.6 is 0 Å². The fourth-order valence-electron chi connectivity index (χ4n) is 3.00. The van der Waals surface area contributed by atoms with Crippen molar-refractivity contribution >= 4 is 5.95 Å². The van der Waals surface area contributed by atoms with Crippen LogP contribution in [0.2, 0.25) is 0 Å². The topological polar surface area (TPSA) is 98.6 Å². The SMILES string of the molecule is C=CCC(O)(CC=C)[C@@H](C)Nc1nncc(-c2cc(OC)c(OC)c(OC)c2)n1. The summed E-state index contributed by atoms with van der Waals surface area (Å²) in [5.41, 5.74) is 0.220. The van der Waals surface area contributed by atoms with E-state index in [2.05, 4.69) is 33.7 Å². The van der Waals surface area contributed by atoms with Gasteiger partial charge in [-0.2, -0.15) is 5.10 Å². The smallest absolute Gasteiger partial charge is 0.243 e. The summed E-state index contributed by atoms with van der Waals surface area (Å²) in [5, 5.41) is 22.1. The number of aliphatic hydroxyl groups is 1. The van der Waals surface area contributed by atoms with E-state index in [0.29, 0.717) is 35.8 Å². The quantitative estimate of drug-likeness (QED) is 0.555. The van der Waals surface area contributed by atoms with Crippen LogP contribution in [0.25, 0.3) is 11.3 Å². The Bertz CT molecular complexity index is 821. The van der Waals surface area contributed by atoms with Gasteiger partial charge in [-0.05, 0) is 31.9 Å². The largest absolute Gasteiger partial charge is 0.493 e. The number of hydrogen-bond donors (Lipinski definition) is 2. The van der Waals surface area contributed by atoms with E-state index in [9.17, 15) is 5.11 Å². The number of aromatic nitrogens is 3. The molecule has 0 amide bonds. The highest BCUT2D eigenvalue weighted by Gasteiger charge is 2.32. The summed E-state index contributed by atoms with van der Waals surface area (Å²) in [6, 6.07) is 3.20. The van der Waals surface area contributed by atoms with Crippen LogP contribution in [0, 0.1) is 0 Å². The van der Waals surface area contributed by atoms with Crippen molar-refractivity contribution < 1.29 is 19.3 Å². The standard InChI is InChI=1S/C21H28N4O4/c1-7-9-21(26,10-8-2)14(3)23-20-24-16(13-22-25-20)15-11-17(27-4)19(29-6)18(12-15)28-5/h7-8,11-14,26H,1-2,9-10H2,3-6H3,(H,23,24,25)/t14-/m1/s1. The highest BCUT2D eigenvalue weighted by atomic mass is 16.5. The number of methoxy groups -OCH3 is 3. The zero-order valence-electron chi connectivity index (χ0n) is 17.3. The Balaban J connectivity index is 2.36. The van der Waals surface area contributed by atoms with Crippen LogP contribution in [0.3, 0.4) is 0 Å². The molecule has 0 aliphatic rings. The molecule has 0 unspecified atom stereocenters.